The van der Waals surface area contributed by atoms with Crippen molar-refractivity contribution in [2.75, 3.05) is 50.3 Å². The van der Waals surface area contributed by atoms with Gasteiger partial charge in [-0.05, 0) is 52.4 Å². The number of nitrogens with two attached hydrogens (primary N) is 1. The number of fused-ring (bicyclic) bond motifs is 1. The highest BCUT2D eigenvalue weighted by Crippen LogP contribution is 2.59. The highest BCUT2D eigenvalue weighted by atomic mass is 31.2. The Labute approximate surface area is 233 Å². The summed E-state index contributed by atoms with van der Waals surface area (Å²) in [6, 6.07) is -0.909. The van der Waals surface area contributed by atoms with Crippen LogP contribution in [0.4, 0.5) is 11.8 Å². The SMILES string of the molecule is CCOC(=O)[C@@H]1CCCN1P(=O)(COCCn1cnc2c(NC3CC3)nc(N)nc21)N1CCC[C@H]1C(=O)OCC. The van der Waals surface area contributed by atoms with Gasteiger partial charge in [0.05, 0.1) is 26.1 Å². The van der Waals surface area contributed by atoms with Crippen LogP contribution in [0.2, 0.25) is 0 Å². The van der Waals surface area contributed by atoms with Crippen molar-refractivity contribution < 1.29 is 28.4 Å². The molecule has 2 aromatic heterocycles. The summed E-state index contributed by atoms with van der Waals surface area (Å²) in [5.41, 5.74) is 7.18. The van der Waals surface area contributed by atoms with Crippen molar-refractivity contribution in [3.8, 4) is 0 Å². The Hall–Kier alpha value is -2.80. The summed E-state index contributed by atoms with van der Waals surface area (Å²) in [6.45, 7) is 5.48. The zero-order valence-corrected chi connectivity index (χ0v) is 24.1. The minimum Gasteiger partial charge on any atom is -0.465 e. The van der Waals surface area contributed by atoms with Crippen LogP contribution in [0.5, 0.6) is 0 Å². The van der Waals surface area contributed by atoms with Gasteiger partial charge in [-0.15, -0.1) is 0 Å². The van der Waals surface area contributed by atoms with E-state index in [-0.39, 0.29) is 32.1 Å². The standard InChI is InChI=1S/C25H39N8O6P/c1-3-38-23(34)18-7-5-11-32(18)40(36,33-12-6-8-19(33)24(35)39-4-2)16-37-14-13-31-15-27-20-21(28-17-9-10-17)29-25(26)30-22(20)31/h15,17-19H,3-14,16H2,1-2H3,(H3,26,28,29,30)/t18-,19-/m0/s1. The van der Waals surface area contributed by atoms with E-state index in [1.807, 2.05) is 4.57 Å². The van der Waals surface area contributed by atoms with E-state index in [2.05, 4.69) is 20.3 Å². The first-order valence-corrected chi connectivity index (χ1v) is 15.9. The van der Waals surface area contributed by atoms with Crippen LogP contribution in [0.1, 0.15) is 52.4 Å². The molecule has 40 heavy (non-hydrogen) atoms. The molecule has 14 nitrogen and oxygen atoms in total. The van der Waals surface area contributed by atoms with E-state index in [4.69, 9.17) is 19.9 Å². The smallest absolute Gasteiger partial charge is 0.323 e. The maximum Gasteiger partial charge on any atom is 0.323 e. The van der Waals surface area contributed by atoms with Gasteiger partial charge in [0.25, 0.3) is 0 Å². The summed E-state index contributed by atoms with van der Waals surface area (Å²) < 4.78 is 36.8. The summed E-state index contributed by atoms with van der Waals surface area (Å²) in [4.78, 5) is 38.7. The molecule has 2 aliphatic heterocycles. The first kappa shape index (κ1) is 28.7. The number of nitrogens with zero attached hydrogens (tertiary/aromatic N) is 6. The topological polar surface area (TPSA) is 167 Å². The predicted molar refractivity (Wildman–Crippen MR) is 148 cm³/mol. The van der Waals surface area contributed by atoms with Gasteiger partial charge in [-0.25, -0.2) is 14.3 Å². The molecule has 0 radical (unpaired) electrons. The average molecular weight is 579 g/mol. The Morgan fingerprint density at radius 2 is 1.65 bits per heavy atom. The second-order valence-corrected chi connectivity index (χ2v) is 12.9. The van der Waals surface area contributed by atoms with Gasteiger partial charge in [-0.1, -0.05) is 0 Å². The number of esters is 2. The highest BCUT2D eigenvalue weighted by Gasteiger charge is 2.51. The Morgan fingerprint density at radius 3 is 2.23 bits per heavy atom. The van der Waals surface area contributed by atoms with Crippen molar-refractivity contribution in [2.45, 2.75) is 77.0 Å². The summed E-state index contributed by atoms with van der Waals surface area (Å²) in [5, 5.41) is 3.35. The lowest BCUT2D eigenvalue weighted by Crippen LogP contribution is -2.45. The number of imidazole rings is 1. The number of nitrogen functional groups attached to an aromatic ring is 1. The van der Waals surface area contributed by atoms with E-state index in [1.54, 1.807) is 29.5 Å². The third kappa shape index (κ3) is 5.95. The summed E-state index contributed by atoms with van der Waals surface area (Å²) >= 11 is 0. The third-order valence-electron chi connectivity index (χ3n) is 7.50. The lowest BCUT2D eigenvalue weighted by molar-refractivity contribution is -0.147. The van der Waals surface area contributed by atoms with E-state index in [0.29, 0.717) is 68.3 Å². The molecule has 0 unspecified atom stereocenters. The number of rotatable bonds is 13. The number of carbonyl (C=O) groups is 2. The van der Waals surface area contributed by atoms with Gasteiger partial charge >= 0.3 is 11.9 Å². The molecular weight excluding hydrogens is 539 g/mol. The number of carbonyl (C=O) groups excluding carboxylic acids is 2. The molecule has 1 saturated carbocycles. The van der Waals surface area contributed by atoms with E-state index in [1.165, 1.54) is 0 Å². The fraction of sp³-hybridized carbons (Fsp3) is 0.720. The van der Waals surface area contributed by atoms with Crippen LogP contribution >= 0.6 is 7.44 Å². The van der Waals surface area contributed by atoms with Crippen LogP contribution in [-0.2, 0) is 34.9 Å². The molecule has 3 aliphatic rings. The van der Waals surface area contributed by atoms with Gasteiger partial charge in [0.1, 0.15) is 18.4 Å². The summed E-state index contributed by atoms with van der Waals surface area (Å²) in [6.07, 6.45) is 6.17. The van der Waals surface area contributed by atoms with Crippen molar-refractivity contribution >= 4 is 42.3 Å². The number of aromatic nitrogens is 4. The van der Waals surface area contributed by atoms with Gasteiger partial charge in [-0.2, -0.15) is 9.97 Å². The largest absolute Gasteiger partial charge is 0.465 e. The second kappa shape index (κ2) is 12.4. The van der Waals surface area contributed by atoms with E-state index >= 15 is 0 Å². The number of hydrogen-bond acceptors (Lipinski definition) is 11. The molecule has 2 aromatic rings. The van der Waals surface area contributed by atoms with Crippen LogP contribution < -0.4 is 11.1 Å². The Morgan fingerprint density at radius 1 is 1.02 bits per heavy atom. The number of anilines is 2. The average Bonchev–Trinajstić information content (AvgIpc) is 3.31. The number of hydrogen-bond donors (Lipinski definition) is 2. The molecule has 5 rings (SSSR count). The van der Waals surface area contributed by atoms with Crippen molar-refractivity contribution in [3.63, 3.8) is 0 Å². The zero-order chi connectivity index (χ0) is 28.3. The zero-order valence-electron chi connectivity index (χ0n) is 23.2. The molecule has 0 amide bonds. The number of ether oxygens (including phenoxy) is 3. The Kier molecular flexibility index (Phi) is 8.89. The predicted octanol–water partition coefficient (Wildman–Crippen LogP) is 2.21. The van der Waals surface area contributed by atoms with Crippen molar-refractivity contribution in [3.05, 3.63) is 6.33 Å². The van der Waals surface area contributed by atoms with Gasteiger partial charge in [-0.3, -0.25) is 14.2 Å². The molecule has 4 heterocycles. The Bertz CT molecular complexity index is 1230. The maximum absolute atomic E-state index is 14.9. The van der Waals surface area contributed by atoms with Crippen molar-refractivity contribution in [2.24, 2.45) is 0 Å². The van der Waals surface area contributed by atoms with Crippen LogP contribution in [0.3, 0.4) is 0 Å². The molecule has 220 valence electrons. The molecule has 0 bridgehead atoms. The minimum absolute atomic E-state index is 0.142. The van der Waals surface area contributed by atoms with Crippen LogP contribution in [0, 0.1) is 0 Å². The van der Waals surface area contributed by atoms with Gasteiger partial charge in [0.2, 0.25) is 13.4 Å². The highest BCUT2D eigenvalue weighted by molar-refractivity contribution is 7.59. The molecule has 3 fully saturated rings. The van der Waals surface area contributed by atoms with Crippen LogP contribution in [0.15, 0.2) is 6.33 Å². The van der Waals surface area contributed by atoms with E-state index in [9.17, 15) is 14.2 Å². The molecule has 15 heteroatoms. The first-order valence-electron chi connectivity index (χ1n) is 14.1. The molecular formula is C25H39N8O6P. The lowest BCUT2D eigenvalue weighted by atomic mass is 10.2. The first-order chi connectivity index (χ1) is 19.4. The fourth-order valence-electron chi connectivity index (χ4n) is 5.50. The van der Waals surface area contributed by atoms with Crippen molar-refractivity contribution in [1.82, 2.24) is 28.9 Å². The molecule has 0 spiro atoms. The second-order valence-electron chi connectivity index (χ2n) is 10.3. The molecule has 2 atom stereocenters. The van der Waals surface area contributed by atoms with E-state index in [0.717, 1.165) is 12.8 Å². The lowest BCUT2D eigenvalue weighted by Gasteiger charge is -2.39. The summed E-state index contributed by atoms with van der Waals surface area (Å²) in [5.74, 6) is -0.0251. The molecule has 3 N–H and O–H groups in total. The molecule has 1 aliphatic carbocycles. The van der Waals surface area contributed by atoms with Gasteiger partial charge in [0.15, 0.2) is 17.0 Å². The summed E-state index contributed by atoms with van der Waals surface area (Å²) in [7, 11) is -3.50. The monoisotopic (exact) mass is 578 g/mol. The van der Waals surface area contributed by atoms with E-state index < -0.39 is 31.5 Å². The number of nitrogens with one attached hydrogen (secondary N) is 1. The Balaban J connectivity index is 1.32. The third-order valence-corrected chi connectivity index (χ3v) is 10.6. The molecule has 2 saturated heterocycles. The van der Waals surface area contributed by atoms with Gasteiger partial charge in [0, 0.05) is 25.7 Å². The molecule has 0 aromatic carbocycles. The maximum atomic E-state index is 14.9. The minimum atomic E-state index is -3.50. The van der Waals surface area contributed by atoms with Crippen molar-refractivity contribution in [1.29, 1.82) is 0 Å². The fourth-order valence-corrected chi connectivity index (χ4v) is 8.65. The van der Waals surface area contributed by atoms with Crippen LogP contribution in [-0.4, -0.2) is 98.2 Å². The quantitative estimate of drug-likeness (QED) is 0.202. The normalized spacial score (nSPS) is 22.1. The van der Waals surface area contributed by atoms with Gasteiger partial charge < -0.3 is 29.8 Å². The van der Waals surface area contributed by atoms with Crippen LogP contribution in [0.25, 0.3) is 11.2 Å².